The lowest BCUT2D eigenvalue weighted by atomic mass is 10.1. The van der Waals surface area contributed by atoms with Crippen LogP contribution in [0, 0.1) is 18.3 Å². The van der Waals surface area contributed by atoms with E-state index in [1.54, 1.807) is 13.2 Å². The fraction of sp³-hybridized carbons (Fsp3) is 0.167. The third kappa shape index (κ3) is 4.12. The highest BCUT2D eigenvalue weighted by molar-refractivity contribution is 9.10. The summed E-state index contributed by atoms with van der Waals surface area (Å²) in [5.74, 6) is 1.29. The first-order chi connectivity index (χ1) is 10.6. The van der Waals surface area contributed by atoms with Crippen molar-refractivity contribution in [3.05, 3.63) is 63.6 Å². The first-order valence-corrected chi connectivity index (χ1v) is 7.55. The van der Waals surface area contributed by atoms with E-state index >= 15 is 0 Å². The van der Waals surface area contributed by atoms with Gasteiger partial charge in [-0.1, -0.05) is 45.8 Å². The van der Waals surface area contributed by atoms with Crippen molar-refractivity contribution in [1.82, 2.24) is 0 Å². The zero-order chi connectivity index (χ0) is 15.9. The second-order valence-corrected chi connectivity index (χ2v) is 5.62. The van der Waals surface area contributed by atoms with E-state index in [0.717, 1.165) is 15.6 Å². The standard InChI is InChI=1S/C18H16BrNO2/c1-13-5-7-14(8-6-13)12-22-18-11-16(19)15(4-3-9-20)10-17(18)21-2/h3-8,10-11H,12H2,1-2H3. The van der Waals surface area contributed by atoms with Crippen LogP contribution in [0.2, 0.25) is 0 Å². The Bertz CT molecular complexity index is 715. The van der Waals surface area contributed by atoms with Crippen molar-refractivity contribution in [2.75, 3.05) is 7.11 Å². The van der Waals surface area contributed by atoms with Gasteiger partial charge >= 0.3 is 0 Å². The summed E-state index contributed by atoms with van der Waals surface area (Å²) in [7, 11) is 1.60. The molecular weight excluding hydrogens is 342 g/mol. The Kier molecular flexibility index (Phi) is 5.62. The minimum atomic E-state index is 0.469. The summed E-state index contributed by atoms with van der Waals surface area (Å²) in [4.78, 5) is 0. The van der Waals surface area contributed by atoms with Crippen molar-refractivity contribution in [1.29, 1.82) is 5.26 Å². The predicted octanol–water partition coefficient (Wildman–Crippen LogP) is 4.88. The van der Waals surface area contributed by atoms with E-state index in [-0.39, 0.29) is 0 Å². The average molecular weight is 358 g/mol. The number of halogens is 1. The number of benzene rings is 2. The summed E-state index contributed by atoms with van der Waals surface area (Å²) < 4.78 is 12.1. The zero-order valence-electron chi connectivity index (χ0n) is 12.5. The highest BCUT2D eigenvalue weighted by atomic mass is 79.9. The number of aryl methyl sites for hydroxylation is 1. The molecule has 4 heteroatoms. The Hall–Kier alpha value is -2.25. The molecule has 2 aromatic rings. The van der Waals surface area contributed by atoms with E-state index in [1.165, 1.54) is 11.6 Å². The summed E-state index contributed by atoms with van der Waals surface area (Å²) >= 11 is 3.48. The quantitative estimate of drug-likeness (QED) is 0.716. The van der Waals surface area contributed by atoms with Gasteiger partial charge in [0.25, 0.3) is 0 Å². The van der Waals surface area contributed by atoms with Crippen molar-refractivity contribution in [2.24, 2.45) is 0 Å². The Balaban J connectivity index is 2.20. The molecule has 0 N–H and O–H groups in total. The third-order valence-electron chi connectivity index (χ3n) is 3.14. The lowest BCUT2D eigenvalue weighted by Crippen LogP contribution is -1.98. The summed E-state index contributed by atoms with van der Waals surface area (Å²) in [6, 6.07) is 13.9. The number of hydrogen-bond donors (Lipinski definition) is 0. The minimum Gasteiger partial charge on any atom is -0.493 e. The van der Waals surface area contributed by atoms with Gasteiger partial charge in [-0.15, -0.1) is 0 Å². The molecule has 0 aliphatic heterocycles. The fourth-order valence-corrected chi connectivity index (χ4v) is 2.38. The molecule has 0 aromatic heterocycles. The van der Waals surface area contributed by atoms with Gasteiger partial charge in [0.2, 0.25) is 0 Å². The van der Waals surface area contributed by atoms with E-state index in [0.29, 0.717) is 18.1 Å². The van der Waals surface area contributed by atoms with Gasteiger partial charge in [-0.3, -0.25) is 0 Å². The number of methoxy groups -OCH3 is 1. The molecule has 0 bridgehead atoms. The summed E-state index contributed by atoms with van der Waals surface area (Å²) in [5, 5.41) is 8.62. The van der Waals surface area contributed by atoms with E-state index in [4.69, 9.17) is 14.7 Å². The van der Waals surface area contributed by atoms with Crippen LogP contribution in [0.4, 0.5) is 0 Å². The summed E-state index contributed by atoms with van der Waals surface area (Å²) in [5.41, 5.74) is 3.18. The molecule has 3 nitrogen and oxygen atoms in total. The number of nitriles is 1. The molecule has 0 radical (unpaired) electrons. The highest BCUT2D eigenvalue weighted by Gasteiger charge is 2.09. The number of hydrogen-bond acceptors (Lipinski definition) is 3. The van der Waals surface area contributed by atoms with Gasteiger partial charge in [0.15, 0.2) is 11.5 Å². The molecule has 0 aliphatic rings. The monoisotopic (exact) mass is 357 g/mol. The first kappa shape index (κ1) is 16.1. The second-order valence-electron chi connectivity index (χ2n) is 4.76. The third-order valence-corrected chi connectivity index (χ3v) is 3.82. The Labute approximate surface area is 138 Å². The van der Waals surface area contributed by atoms with Crippen LogP contribution in [0.5, 0.6) is 11.5 Å². The van der Waals surface area contributed by atoms with Crippen LogP contribution in [0.15, 0.2) is 46.9 Å². The van der Waals surface area contributed by atoms with Crippen molar-refractivity contribution in [3.8, 4) is 17.6 Å². The molecule has 0 amide bonds. The molecule has 0 unspecified atom stereocenters. The van der Waals surface area contributed by atoms with Crippen LogP contribution in [-0.4, -0.2) is 7.11 Å². The maximum atomic E-state index is 8.62. The van der Waals surface area contributed by atoms with Crippen molar-refractivity contribution < 1.29 is 9.47 Å². The van der Waals surface area contributed by atoms with Crippen molar-refractivity contribution in [2.45, 2.75) is 13.5 Å². The van der Waals surface area contributed by atoms with Crippen LogP contribution >= 0.6 is 15.9 Å². The van der Waals surface area contributed by atoms with Gasteiger partial charge in [0, 0.05) is 10.5 Å². The average Bonchev–Trinajstić information content (AvgIpc) is 2.53. The van der Waals surface area contributed by atoms with E-state index < -0.39 is 0 Å². The summed E-state index contributed by atoms with van der Waals surface area (Å²) in [6.45, 7) is 2.52. The fourth-order valence-electron chi connectivity index (χ4n) is 1.92. The molecule has 0 heterocycles. The van der Waals surface area contributed by atoms with Crippen LogP contribution in [0.3, 0.4) is 0 Å². The van der Waals surface area contributed by atoms with Crippen LogP contribution in [-0.2, 0) is 6.61 Å². The predicted molar refractivity (Wildman–Crippen MR) is 90.9 cm³/mol. The van der Waals surface area contributed by atoms with E-state index in [1.807, 2.05) is 30.3 Å². The Morgan fingerprint density at radius 3 is 2.55 bits per heavy atom. The molecule has 22 heavy (non-hydrogen) atoms. The van der Waals surface area contributed by atoms with Gasteiger partial charge < -0.3 is 9.47 Å². The van der Waals surface area contributed by atoms with Crippen molar-refractivity contribution in [3.63, 3.8) is 0 Å². The van der Waals surface area contributed by atoms with Crippen LogP contribution in [0.1, 0.15) is 16.7 Å². The van der Waals surface area contributed by atoms with Crippen LogP contribution < -0.4 is 9.47 Å². The molecule has 0 fully saturated rings. The summed E-state index contributed by atoms with van der Waals surface area (Å²) in [6.07, 6.45) is 3.14. The van der Waals surface area contributed by atoms with Gasteiger partial charge in [0.1, 0.15) is 6.61 Å². The lowest BCUT2D eigenvalue weighted by Gasteiger charge is -2.13. The molecular formula is C18H16BrNO2. The molecule has 2 rings (SSSR count). The number of ether oxygens (including phenoxy) is 2. The van der Waals surface area contributed by atoms with Gasteiger partial charge in [-0.2, -0.15) is 5.26 Å². The smallest absolute Gasteiger partial charge is 0.162 e. The first-order valence-electron chi connectivity index (χ1n) is 6.76. The van der Waals surface area contributed by atoms with Crippen LogP contribution in [0.25, 0.3) is 6.08 Å². The topological polar surface area (TPSA) is 42.2 Å². The van der Waals surface area contributed by atoms with E-state index in [2.05, 4.69) is 35.0 Å². The van der Waals surface area contributed by atoms with Gasteiger partial charge in [0.05, 0.1) is 13.2 Å². The Morgan fingerprint density at radius 1 is 1.18 bits per heavy atom. The van der Waals surface area contributed by atoms with E-state index in [9.17, 15) is 0 Å². The normalized spacial score (nSPS) is 10.5. The maximum absolute atomic E-state index is 8.62. The SMILES string of the molecule is COc1cc(C=CC#N)c(Br)cc1OCc1ccc(C)cc1. The molecule has 0 atom stereocenters. The Morgan fingerprint density at radius 2 is 1.91 bits per heavy atom. The molecule has 2 aromatic carbocycles. The zero-order valence-corrected chi connectivity index (χ0v) is 14.1. The molecule has 0 aliphatic carbocycles. The number of rotatable bonds is 5. The largest absolute Gasteiger partial charge is 0.493 e. The number of nitrogens with zero attached hydrogens (tertiary/aromatic N) is 1. The lowest BCUT2D eigenvalue weighted by molar-refractivity contribution is 0.284. The van der Waals surface area contributed by atoms with Gasteiger partial charge in [-0.05, 0) is 36.3 Å². The number of allylic oxidation sites excluding steroid dienone is 1. The highest BCUT2D eigenvalue weighted by Crippen LogP contribution is 2.34. The molecule has 0 saturated carbocycles. The minimum absolute atomic E-state index is 0.469. The molecule has 0 spiro atoms. The van der Waals surface area contributed by atoms with Crippen molar-refractivity contribution >= 4 is 22.0 Å². The second kappa shape index (κ2) is 7.67. The molecule has 112 valence electrons. The molecule has 0 saturated heterocycles. The maximum Gasteiger partial charge on any atom is 0.162 e. The van der Waals surface area contributed by atoms with Gasteiger partial charge in [-0.25, -0.2) is 0 Å².